The van der Waals surface area contributed by atoms with Crippen molar-refractivity contribution < 1.29 is 24.2 Å². The van der Waals surface area contributed by atoms with Gasteiger partial charge in [0.2, 0.25) is 6.29 Å². The normalized spacial score (nSPS) is 29.5. The van der Waals surface area contributed by atoms with Gasteiger partial charge in [0.25, 0.3) is 0 Å². The Labute approximate surface area is 133 Å². The van der Waals surface area contributed by atoms with Crippen LogP contribution in [-0.2, 0) is 14.0 Å². The Morgan fingerprint density at radius 2 is 2.09 bits per heavy atom. The van der Waals surface area contributed by atoms with Gasteiger partial charge in [-0.05, 0) is 30.5 Å². The minimum absolute atomic E-state index is 0.123. The molecule has 0 bridgehead atoms. The van der Waals surface area contributed by atoms with Crippen molar-refractivity contribution in [1.82, 2.24) is 0 Å². The summed E-state index contributed by atoms with van der Waals surface area (Å²) in [6.45, 7) is 10.5. The van der Waals surface area contributed by atoms with E-state index in [1.165, 1.54) is 6.26 Å². The molecule has 2 aliphatic rings. The van der Waals surface area contributed by atoms with Crippen molar-refractivity contribution in [2.24, 2.45) is 17.3 Å². The van der Waals surface area contributed by atoms with Gasteiger partial charge in [0, 0.05) is 5.92 Å². The number of allylic oxidation sites excluding steroid dienone is 1. The van der Waals surface area contributed by atoms with Crippen LogP contribution in [-0.4, -0.2) is 37.6 Å². The number of hydrogen-bond acceptors (Lipinski definition) is 4. The van der Waals surface area contributed by atoms with Crippen LogP contribution in [0.5, 0.6) is 0 Å². The second-order valence-electron chi connectivity index (χ2n) is 7.41. The molecule has 1 aliphatic heterocycles. The number of hydrogen-bond donors (Lipinski definition) is 2. The molecule has 0 radical (unpaired) electrons. The van der Waals surface area contributed by atoms with Gasteiger partial charge in [-0.2, -0.15) is 0 Å². The van der Waals surface area contributed by atoms with Gasteiger partial charge in [-0.25, -0.2) is 4.79 Å². The first-order valence-electron chi connectivity index (χ1n) is 7.75. The topological polar surface area (TPSA) is 76.0 Å². The minimum Gasteiger partial charge on any atom is -0.478 e. The van der Waals surface area contributed by atoms with Crippen LogP contribution in [0.2, 0.25) is 13.1 Å². The third-order valence-corrected chi connectivity index (χ3v) is 5.03. The molecule has 6 heteroatoms. The SMILES string of the molecule is C[SiH](C)OC(C1=CC[C@@H]2C(C(=O)O)=COC(O)[C@@H]12)C(C)(C)C. The summed E-state index contributed by atoms with van der Waals surface area (Å²) >= 11 is 0. The molecule has 2 unspecified atom stereocenters. The van der Waals surface area contributed by atoms with Gasteiger partial charge in [0.15, 0.2) is 9.04 Å². The highest BCUT2D eigenvalue weighted by Gasteiger charge is 2.47. The van der Waals surface area contributed by atoms with Crippen molar-refractivity contribution >= 4 is 15.0 Å². The van der Waals surface area contributed by atoms with Crippen molar-refractivity contribution in [1.29, 1.82) is 0 Å². The number of rotatable bonds is 4. The van der Waals surface area contributed by atoms with Crippen LogP contribution in [0.1, 0.15) is 27.2 Å². The highest BCUT2D eigenvalue weighted by molar-refractivity contribution is 6.48. The zero-order valence-corrected chi connectivity index (χ0v) is 15.0. The number of fused-ring (bicyclic) bond motifs is 1. The smallest absolute Gasteiger partial charge is 0.335 e. The largest absolute Gasteiger partial charge is 0.478 e. The predicted octanol–water partition coefficient (Wildman–Crippen LogP) is 2.28. The third-order valence-electron chi connectivity index (χ3n) is 4.21. The summed E-state index contributed by atoms with van der Waals surface area (Å²) < 4.78 is 11.4. The second-order valence-corrected chi connectivity index (χ2v) is 9.78. The number of carboxylic acids is 1. The average molecular weight is 326 g/mol. The highest BCUT2D eigenvalue weighted by Crippen LogP contribution is 2.47. The Morgan fingerprint density at radius 1 is 1.45 bits per heavy atom. The summed E-state index contributed by atoms with van der Waals surface area (Å²) in [4.78, 5) is 11.4. The van der Waals surface area contributed by atoms with E-state index in [2.05, 4.69) is 33.9 Å². The van der Waals surface area contributed by atoms with Gasteiger partial charge in [-0.15, -0.1) is 0 Å². The van der Waals surface area contributed by atoms with Gasteiger partial charge in [0.05, 0.1) is 23.9 Å². The summed E-state index contributed by atoms with van der Waals surface area (Å²) in [7, 11) is -1.28. The summed E-state index contributed by atoms with van der Waals surface area (Å²) in [5.74, 6) is -1.56. The van der Waals surface area contributed by atoms with Crippen molar-refractivity contribution in [2.45, 2.75) is 52.7 Å². The molecule has 0 aromatic heterocycles. The van der Waals surface area contributed by atoms with E-state index >= 15 is 0 Å². The Kier molecular flexibility index (Phi) is 4.84. The molecule has 0 fully saturated rings. The maximum Gasteiger partial charge on any atom is 0.335 e. The summed E-state index contributed by atoms with van der Waals surface area (Å²) in [6.07, 6.45) is 2.70. The lowest BCUT2D eigenvalue weighted by atomic mass is 9.76. The van der Waals surface area contributed by atoms with Crippen molar-refractivity contribution in [2.75, 3.05) is 0 Å². The molecule has 22 heavy (non-hydrogen) atoms. The van der Waals surface area contributed by atoms with Crippen LogP contribution in [0, 0.1) is 17.3 Å². The van der Waals surface area contributed by atoms with Crippen LogP contribution in [0.25, 0.3) is 0 Å². The minimum atomic E-state index is -1.28. The zero-order chi connectivity index (χ0) is 16.7. The summed E-state index contributed by atoms with van der Waals surface area (Å²) in [5.41, 5.74) is 1.09. The van der Waals surface area contributed by atoms with E-state index in [4.69, 9.17) is 9.16 Å². The molecule has 0 aromatic carbocycles. The van der Waals surface area contributed by atoms with E-state index in [1.54, 1.807) is 0 Å². The van der Waals surface area contributed by atoms with E-state index in [9.17, 15) is 15.0 Å². The Hall–Kier alpha value is -1.11. The first-order chi connectivity index (χ1) is 10.1. The Balaban J connectivity index is 2.33. The van der Waals surface area contributed by atoms with Crippen molar-refractivity contribution in [3.8, 4) is 0 Å². The predicted molar refractivity (Wildman–Crippen MR) is 85.7 cm³/mol. The number of aliphatic hydroxyl groups is 1. The highest BCUT2D eigenvalue weighted by atomic mass is 28.3. The molecule has 0 spiro atoms. The first-order valence-corrected chi connectivity index (χ1v) is 10.5. The van der Waals surface area contributed by atoms with E-state index in [0.717, 1.165) is 5.57 Å². The summed E-state index contributed by atoms with van der Waals surface area (Å²) in [6, 6.07) is 0. The lowest BCUT2D eigenvalue weighted by Crippen LogP contribution is -2.42. The molecule has 124 valence electrons. The van der Waals surface area contributed by atoms with Gasteiger partial charge >= 0.3 is 5.97 Å². The zero-order valence-electron chi connectivity index (χ0n) is 13.9. The molecule has 0 amide bonds. The van der Waals surface area contributed by atoms with Gasteiger partial charge in [0.1, 0.15) is 0 Å². The molecule has 2 N–H and O–H groups in total. The summed E-state index contributed by atoms with van der Waals surface area (Å²) in [5, 5.41) is 19.6. The molecule has 4 atom stereocenters. The van der Waals surface area contributed by atoms with Crippen LogP contribution < -0.4 is 0 Å². The monoisotopic (exact) mass is 326 g/mol. The van der Waals surface area contributed by atoms with Crippen LogP contribution >= 0.6 is 0 Å². The molecule has 2 rings (SSSR count). The molecular weight excluding hydrogens is 300 g/mol. The Bertz CT molecular complexity index is 503. The number of ether oxygens (including phenoxy) is 1. The molecular formula is C16H26O5Si. The van der Waals surface area contributed by atoms with Gasteiger partial charge in [-0.1, -0.05) is 26.8 Å². The molecule has 0 saturated carbocycles. The van der Waals surface area contributed by atoms with E-state index in [0.29, 0.717) is 6.42 Å². The van der Waals surface area contributed by atoms with Crippen LogP contribution in [0.15, 0.2) is 23.5 Å². The molecule has 1 heterocycles. The van der Waals surface area contributed by atoms with Gasteiger partial charge < -0.3 is 19.4 Å². The van der Waals surface area contributed by atoms with Crippen LogP contribution in [0.4, 0.5) is 0 Å². The molecule has 5 nitrogen and oxygen atoms in total. The fourth-order valence-corrected chi connectivity index (χ4v) is 4.43. The molecule has 0 aromatic rings. The van der Waals surface area contributed by atoms with E-state index < -0.39 is 21.3 Å². The van der Waals surface area contributed by atoms with Gasteiger partial charge in [-0.3, -0.25) is 0 Å². The van der Waals surface area contributed by atoms with E-state index in [1.807, 2.05) is 6.08 Å². The fourth-order valence-electron chi connectivity index (χ4n) is 3.32. The number of aliphatic hydroxyl groups excluding tert-OH is 1. The van der Waals surface area contributed by atoms with Crippen molar-refractivity contribution in [3.05, 3.63) is 23.5 Å². The standard InChI is InChI=1S/C16H26O5Si/c1-16(2,3)13(21-22(4)5)10-7-6-9-11(14(17)18)8-20-15(19)12(9)10/h7-9,12-13,15,19,22H,6H2,1-5H3,(H,17,18)/t9-,12-,13?,15?/m1/s1. The quantitative estimate of drug-likeness (QED) is 0.612. The molecule has 0 saturated heterocycles. The Morgan fingerprint density at radius 3 is 2.59 bits per heavy atom. The lowest BCUT2D eigenvalue weighted by molar-refractivity contribution is -0.139. The lowest BCUT2D eigenvalue weighted by Gasteiger charge is -2.39. The first kappa shape index (κ1) is 17.2. The average Bonchev–Trinajstić information content (AvgIpc) is 2.79. The second kappa shape index (κ2) is 6.18. The van der Waals surface area contributed by atoms with Crippen LogP contribution in [0.3, 0.4) is 0 Å². The van der Waals surface area contributed by atoms with E-state index in [-0.39, 0.29) is 28.9 Å². The third kappa shape index (κ3) is 3.29. The number of carboxylic acid groups (broad SMARTS) is 1. The maximum absolute atomic E-state index is 11.4. The van der Waals surface area contributed by atoms with Crippen molar-refractivity contribution in [3.63, 3.8) is 0 Å². The number of aliphatic carboxylic acids is 1. The maximum atomic E-state index is 11.4. The molecule has 1 aliphatic carbocycles. The fraction of sp³-hybridized carbons (Fsp3) is 0.688. The number of carbonyl (C=O) groups is 1.